The van der Waals surface area contributed by atoms with Crippen molar-refractivity contribution in [2.24, 2.45) is 28.7 Å². The van der Waals surface area contributed by atoms with E-state index >= 15 is 0 Å². The normalized spacial score (nSPS) is 13.8. The van der Waals surface area contributed by atoms with Gasteiger partial charge in [0.1, 0.15) is 30.2 Å². The molecule has 0 aliphatic heterocycles. The number of primary amides is 2. The lowest BCUT2D eigenvalue weighted by Gasteiger charge is -2.27. The molecule has 0 aromatic rings. The molecular formula is C32H58N14O11S. The molecule has 0 spiro atoms. The van der Waals surface area contributed by atoms with Gasteiger partial charge in [-0.1, -0.05) is 0 Å². The molecule has 0 aliphatic carbocycles. The standard InChI is InChI=1S/C32H58N14O11S/c1-58-15-12-21(30(57)45-20(8-11-24(50)51)28(55)42-17(25(35)52)7-10-23(48)49)46-29(56)19(6-9-22(34)47)44-27(54)18(5-3-14-41-32(38)39)43-26(53)16(33)4-2-13-40-31(36)37/h16-21H,2-15,33H2,1H3,(H2,34,47)(H2,35,52)(H,42,55)(H,43,53)(H,44,54)(H,45,57)(H,46,56)(H,48,49)(H,50,51)(H4,36,37,40)(H4,38,39,41)/t16-,17-,18-,19+,20-,21-/m0/s1. The van der Waals surface area contributed by atoms with E-state index in [1.165, 1.54) is 11.8 Å². The number of aliphatic carboxylic acids is 2. The van der Waals surface area contributed by atoms with Gasteiger partial charge in [0, 0.05) is 32.4 Å². The van der Waals surface area contributed by atoms with Crippen molar-refractivity contribution in [3.05, 3.63) is 0 Å². The Labute approximate surface area is 338 Å². The number of carboxylic acid groups (broad SMARTS) is 2. The van der Waals surface area contributed by atoms with Gasteiger partial charge in [-0.3, -0.25) is 54.0 Å². The molecule has 7 amide bonds. The molecule has 0 bridgehead atoms. The Morgan fingerprint density at radius 3 is 1.29 bits per heavy atom. The monoisotopic (exact) mass is 846 g/mol. The minimum absolute atomic E-state index is 0.0356. The first-order chi connectivity index (χ1) is 27.2. The van der Waals surface area contributed by atoms with Gasteiger partial charge in [-0.2, -0.15) is 11.8 Å². The molecule has 0 fully saturated rings. The predicted octanol–water partition coefficient (Wildman–Crippen LogP) is -5.50. The summed E-state index contributed by atoms with van der Waals surface area (Å²) in [4.78, 5) is 113. The van der Waals surface area contributed by atoms with E-state index in [0.717, 1.165) is 0 Å². The van der Waals surface area contributed by atoms with Gasteiger partial charge < -0.3 is 76.1 Å². The minimum Gasteiger partial charge on any atom is -0.481 e. The summed E-state index contributed by atoms with van der Waals surface area (Å²) in [6.45, 7) is 0.386. The SMILES string of the molecule is CSCC[C@H](NC(=O)[C@@H](CCC(N)=O)NC(=O)[C@H](CCCNC(=N)N)NC(=O)[C@@H](N)CCCNC(=N)N)C(=O)N[C@@H](CCC(=O)O)C(=O)N[C@@H](CCC(=O)O)C(N)=O. The molecule has 21 N–H and O–H groups in total. The molecule has 0 aromatic heterocycles. The molecule has 6 atom stereocenters. The third-order valence-electron chi connectivity index (χ3n) is 8.10. The predicted molar refractivity (Wildman–Crippen MR) is 210 cm³/mol. The van der Waals surface area contributed by atoms with Gasteiger partial charge in [0.25, 0.3) is 0 Å². The molecule has 0 saturated carbocycles. The van der Waals surface area contributed by atoms with Gasteiger partial charge in [0.2, 0.25) is 41.4 Å². The second-order valence-corrected chi connectivity index (χ2v) is 13.9. The van der Waals surface area contributed by atoms with E-state index < -0.39 is 122 Å². The van der Waals surface area contributed by atoms with Crippen molar-refractivity contribution in [3.63, 3.8) is 0 Å². The van der Waals surface area contributed by atoms with E-state index in [0.29, 0.717) is 6.42 Å². The Bertz CT molecular complexity index is 1470. The van der Waals surface area contributed by atoms with Crippen LogP contribution in [0.25, 0.3) is 0 Å². The van der Waals surface area contributed by atoms with Gasteiger partial charge in [-0.25, -0.2) is 0 Å². The quantitative estimate of drug-likeness (QED) is 0.0176. The Balaban J connectivity index is 6.31. The Hall–Kier alpha value is -5.92. The number of rotatable bonds is 31. The van der Waals surface area contributed by atoms with Gasteiger partial charge in [0.05, 0.1) is 6.04 Å². The maximum atomic E-state index is 13.7. The summed E-state index contributed by atoms with van der Waals surface area (Å²) >= 11 is 1.28. The summed E-state index contributed by atoms with van der Waals surface area (Å²) < 4.78 is 0. The van der Waals surface area contributed by atoms with Crippen LogP contribution in [0.5, 0.6) is 0 Å². The summed E-state index contributed by atoms with van der Waals surface area (Å²) in [7, 11) is 0. The first-order valence-corrected chi connectivity index (χ1v) is 19.5. The van der Waals surface area contributed by atoms with Crippen LogP contribution in [-0.4, -0.2) is 137 Å². The lowest BCUT2D eigenvalue weighted by molar-refractivity contribution is -0.139. The summed E-state index contributed by atoms with van der Waals surface area (Å²) in [5, 5.41) is 50.0. The largest absolute Gasteiger partial charge is 0.481 e. The molecule has 0 saturated heterocycles. The van der Waals surface area contributed by atoms with Crippen LogP contribution in [0.3, 0.4) is 0 Å². The zero-order valence-corrected chi connectivity index (χ0v) is 33.0. The number of hydrogen-bond acceptors (Lipinski definition) is 13. The number of carbonyl (C=O) groups is 9. The molecule has 25 nitrogen and oxygen atoms in total. The van der Waals surface area contributed by atoms with Crippen LogP contribution in [0.4, 0.5) is 0 Å². The summed E-state index contributed by atoms with van der Waals surface area (Å²) in [5.74, 6) is -9.46. The maximum Gasteiger partial charge on any atom is 0.303 e. The van der Waals surface area contributed by atoms with E-state index in [9.17, 15) is 48.3 Å². The van der Waals surface area contributed by atoms with E-state index in [2.05, 4.69) is 37.2 Å². The number of thioether (sulfide) groups is 1. The Kier molecular flexibility index (Phi) is 25.6. The fraction of sp³-hybridized carbons (Fsp3) is 0.656. The highest BCUT2D eigenvalue weighted by atomic mass is 32.2. The zero-order valence-electron chi connectivity index (χ0n) is 32.2. The van der Waals surface area contributed by atoms with Gasteiger partial charge >= 0.3 is 11.9 Å². The first-order valence-electron chi connectivity index (χ1n) is 18.1. The van der Waals surface area contributed by atoms with Crippen molar-refractivity contribution >= 4 is 77.0 Å². The van der Waals surface area contributed by atoms with Crippen molar-refractivity contribution in [1.82, 2.24) is 37.2 Å². The van der Waals surface area contributed by atoms with Gasteiger partial charge in [-0.15, -0.1) is 0 Å². The molecule has 26 heteroatoms. The number of amides is 7. The van der Waals surface area contributed by atoms with Crippen LogP contribution in [0.1, 0.15) is 70.6 Å². The van der Waals surface area contributed by atoms with Crippen molar-refractivity contribution in [2.75, 3.05) is 25.1 Å². The highest BCUT2D eigenvalue weighted by molar-refractivity contribution is 7.98. The van der Waals surface area contributed by atoms with Crippen molar-refractivity contribution in [2.45, 2.75) is 107 Å². The van der Waals surface area contributed by atoms with Crippen LogP contribution < -0.4 is 65.9 Å². The molecule has 0 radical (unpaired) electrons. The van der Waals surface area contributed by atoms with E-state index in [1.54, 1.807) is 6.26 Å². The molecule has 0 heterocycles. The first kappa shape index (κ1) is 52.1. The lowest BCUT2D eigenvalue weighted by Crippen LogP contribution is -2.59. The second kappa shape index (κ2) is 28.5. The highest BCUT2D eigenvalue weighted by Gasteiger charge is 2.33. The van der Waals surface area contributed by atoms with Crippen LogP contribution in [0, 0.1) is 10.8 Å². The number of carboxylic acids is 2. The van der Waals surface area contributed by atoms with E-state index in [-0.39, 0.29) is 62.9 Å². The zero-order chi connectivity index (χ0) is 44.4. The average Bonchev–Trinajstić information content (AvgIpc) is 3.13. The van der Waals surface area contributed by atoms with E-state index in [1.807, 2.05) is 0 Å². The molecule has 328 valence electrons. The van der Waals surface area contributed by atoms with Crippen LogP contribution >= 0.6 is 11.8 Å². The van der Waals surface area contributed by atoms with Crippen molar-refractivity contribution < 1.29 is 53.4 Å². The van der Waals surface area contributed by atoms with Crippen LogP contribution in [0.2, 0.25) is 0 Å². The fourth-order valence-electron chi connectivity index (χ4n) is 4.99. The molecule has 0 aromatic carbocycles. The highest BCUT2D eigenvalue weighted by Crippen LogP contribution is 2.09. The third-order valence-corrected chi connectivity index (χ3v) is 8.75. The summed E-state index contributed by atoms with van der Waals surface area (Å²) in [6.07, 6.45) is -0.500. The summed E-state index contributed by atoms with van der Waals surface area (Å²) in [5.41, 5.74) is 27.2. The number of carbonyl (C=O) groups excluding carboxylic acids is 7. The maximum absolute atomic E-state index is 13.7. The molecule has 0 rings (SSSR count). The lowest BCUT2D eigenvalue weighted by atomic mass is 10.0. The average molecular weight is 847 g/mol. The van der Waals surface area contributed by atoms with Gasteiger partial charge in [-0.05, 0) is 63.4 Å². The van der Waals surface area contributed by atoms with Crippen LogP contribution in [-0.2, 0) is 43.2 Å². The number of hydrogen-bond donors (Lipinski definition) is 16. The molecule has 0 unspecified atom stereocenters. The van der Waals surface area contributed by atoms with E-state index in [4.69, 9.17) is 44.6 Å². The molecular weight excluding hydrogens is 789 g/mol. The third kappa shape index (κ3) is 23.9. The Morgan fingerprint density at radius 2 is 0.897 bits per heavy atom. The summed E-state index contributed by atoms with van der Waals surface area (Å²) in [6, 6.07) is -8.36. The smallest absolute Gasteiger partial charge is 0.303 e. The molecule has 0 aliphatic rings. The number of nitrogens with two attached hydrogens (primary N) is 5. The molecule has 58 heavy (non-hydrogen) atoms. The van der Waals surface area contributed by atoms with Gasteiger partial charge in [0.15, 0.2) is 11.9 Å². The van der Waals surface area contributed by atoms with Crippen LogP contribution in [0.15, 0.2) is 0 Å². The topological polar surface area (TPSA) is 456 Å². The number of guanidine groups is 2. The minimum atomic E-state index is -1.59. The number of nitrogens with one attached hydrogen (secondary N) is 9. The second-order valence-electron chi connectivity index (χ2n) is 12.9. The fourth-order valence-corrected chi connectivity index (χ4v) is 5.46. The Morgan fingerprint density at radius 1 is 0.534 bits per heavy atom. The van der Waals surface area contributed by atoms with Crippen molar-refractivity contribution in [1.29, 1.82) is 10.8 Å². The van der Waals surface area contributed by atoms with Crippen molar-refractivity contribution in [3.8, 4) is 0 Å².